The number of aliphatic hydroxyl groups is 1. The topological polar surface area (TPSA) is 58.7 Å². The molecule has 0 aromatic heterocycles. The molecule has 4 heteroatoms. The highest BCUT2D eigenvalue weighted by Crippen LogP contribution is 2.22. The van der Waals surface area contributed by atoms with Crippen LogP contribution in [0.3, 0.4) is 0 Å². The van der Waals surface area contributed by atoms with Crippen molar-refractivity contribution in [3.8, 4) is 0 Å². The lowest BCUT2D eigenvalue weighted by molar-refractivity contribution is -0.0681. The first-order chi connectivity index (χ1) is 7.81. The van der Waals surface area contributed by atoms with Crippen LogP contribution in [0.5, 0.6) is 0 Å². The number of rotatable bonds is 2. The van der Waals surface area contributed by atoms with Gasteiger partial charge in [-0.2, -0.15) is 0 Å². The van der Waals surface area contributed by atoms with Gasteiger partial charge < -0.3 is 15.6 Å². The highest BCUT2D eigenvalue weighted by molar-refractivity contribution is 4.87. The Balaban J connectivity index is 1.93. The van der Waals surface area contributed by atoms with Crippen molar-refractivity contribution in [1.82, 2.24) is 4.90 Å². The fourth-order valence-corrected chi connectivity index (χ4v) is 2.92. The van der Waals surface area contributed by atoms with Gasteiger partial charge in [-0.05, 0) is 12.8 Å². The summed E-state index contributed by atoms with van der Waals surface area (Å²) in [7, 11) is 0. The van der Waals surface area contributed by atoms with Crippen molar-refractivity contribution in [3.63, 3.8) is 0 Å². The van der Waals surface area contributed by atoms with Crippen LogP contribution in [0.15, 0.2) is 0 Å². The average Bonchev–Trinajstić information content (AvgIpc) is 2.54. The maximum absolute atomic E-state index is 9.15. The zero-order valence-electron chi connectivity index (χ0n) is 9.98. The predicted molar refractivity (Wildman–Crippen MR) is 63.2 cm³/mol. The second-order valence-corrected chi connectivity index (χ2v) is 5.04. The predicted octanol–water partition coefficient (Wildman–Crippen LogP) is 0.339. The van der Waals surface area contributed by atoms with Gasteiger partial charge in [0.2, 0.25) is 0 Å². The molecule has 0 aromatic rings. The fraction of sp³-hybridized carbons (Fsp3) is 1.00. The minimum absolute atomic E-state index is 0.01000. The van der Waals surface area contributed by atoms with Crippen molar-refractivity contribution in [2.45, 2.75) is 50.3 Å². The van der Waals surface area contributed by atoms with Gasteiger partial charge in [0.25, 0.3) is 0 Å². The normalized spacial score (nSPS) is 38.2. The average molecular weight is 228 g/mol. The SMILES string of the molecule is NC1CCCCCC1N1CCOC(CO)C1. The van der Waals surface area contributed by atoms with Gasteiger partial charge >= 0.3 is 0 Å². The van der Waals surface area contributed by atoms with Crippen LogP contribution in [0.2, 0.25) is 0 Å². The third-order valence-corrected chi connectivity index (χ3v) is 3.87. The molecule has 3 atom stereocenters. The lowest BCUT2D eigenvalue weighted by Gasteiger charge is -2.39. The van der Waals surface area contributed by atoms with Crippen molar-refractivity contribution < 1.29 is 9.84 Å². The van der Waals surface area contributed by atoms with Crippen LogP contribution in [-0.4, -0.2) is 54.5 Å². The van der Waals surface area contributed by atoms with Crippen molar-refractivity contribution in [2.24, 2.45) is 5.73 Å². The molecule has 94 valence electrons. The molecule has 2 rings (SSSR count). The highest BCUT2D eigenvalue weighted by Gasteiger charge is 2.30. The molecule has 1 aliphatic heterocycles. The molecule has 16 heavy (non-hydrogen) atoms. The number of hydrogen-bond donors (Lipinski definition) is 2. The zero-order valence-corrected chi connectivity index (χ0v) is 9.98. The molecule has 0 amide bonds. The van der Waals surface area contributed by atoms with Crippen LogP contribution < -0.4 is 5.73 Å². The van der Waals surface area contributed by atoms with E-state index in [1.54, 1.807) is 0 Å². The molecule has 1 saturated carbocycles. The Labute approximate surface area is 97.7 Å². The van der Waals surface area contributed by atoms with E-state index in [0.29, 0.717) is 12.1 Å². The maximum Gasteiger partial charge on any atom is 0.0932 e. The second kappa shape index (κ2) is 5.96. The number of aliphatic hydroxyl groups excluding tert-OH is 1. The van der Waals surface area contributed by atoms with Crippen molar-refractivity contribution in [1.29, 1.82) is 0 Å². The fourth-order valence-electron chi connectivity index (χ4n) is 2.92. The zero-order chi connectivity index (χ0) is 11.4. The first-order valence-electron chi connectivity index (χ1n) is 6.53. The molecule has 4 nitrogen and oxygen atoms in total. The Kier molecular flexibility index (Phi) is 4.58. The van der Waals surface area contributed by atoms with E-state index in [1.165, 1.54) is 25.7 Å². The van der Waals surface area contributed by atoms with E-state index < -0.39 is 0 Å². The number of nitrogens with two attached hydrogens (primary N) is 1. The van der Waals surface area contributed by atoms with Crippen LogP contribution >= 0.6 is 0 Å². The molecule has 1 heterocycles. The maximum atomic E-state index is 9.15. The summed E-state index contributed by atoms with van der Waals surface area (Å²) in [6.45, 7) is 2.66. The van der Waals surface area contributed by atoms with E-state index >= 15 is 0 Å². The first kappa shape index (κ1) is 12.3. The van der Waals surface area contributed by atoms with E-state index in [2.05, 4.69) is 4.90 Å². The molecular weight excluding hydrogens is 204 g/mol. The van der Waals surface area contributed by atoms with Gasteiger partial charge in [-0.1, -0.05) is 19.3 Å². The Morgan fingerprint density at radius 2 is 2.06 bits per heavy atom. The summed E-state index contributed by atoms with van der Waals surface area (Å²) in [5, 5.41) is 9.15. The number of hydrogen-bond acceptors (Lipinski definition) is 4. The summed E-state index contributed by atoms with van der Waals surface area (Å²) in [4.78, 5) is 2.43. The quantitative estimate of drug-likeness (QED) is 0.669. The molecule has 0 bridgehead atoms. The highest BCUT2D eigenvalue weighted by atomic mass is 16.5. The van der Waals surface area contributed by atoms with Gasteiger partial charge in [0, 0.05) is 25.2 Å². The minimum atomic E-state index is -0.01000. The molecule has 3 N–H and O–H groups in total. The van der Waals surface area contributed by atoms with Gasteiger partial charge in [-0.25, -0.2) is 0 Å². The lowest BCUT2D eigenvalue weighted by Crippen LogP contribution is -2.54. The van der Waals surface area contributed by atoms with Crippen LogP contribution in [0.4, 0.5) is 0 Å². The largest absolute Gasteiger partial charge is 0.394 e. The van der Waals surface area contributed by atoms with Crippen LogP contribution in [0.25, 0.3) is 0 Å². The van der Waals surface area contributed by atoms with Gasteiger partial charge in [-0.3, -0.25) is 4.90 Å². The molecule has 1 aliphatic carbocycles. The number of morpholine rings is 1. The van der Waals surface area contributed by atoms with E-state index in [1.807, 2.05) is 0 Å². The molecule has 2 fully saturated rings. The van der Waals surface area contributed by atoms with Crippen LogP contribution in [0.1, 0.15) is 32.1 Å². The summed E-state index contributed by atoms with van der Waals surface area (Å²) in [5.74, 6) is 0. The molecule has 1 saturated heterocycles. The minimum Gasteiger partial charge on any atom is -0.394 e. The van der Waals surface area contributed by atoms with Crippen LogP contribution in [-0.2, 0) is 4.74 Å². The Morgan fingerprint density at radius 1 is 1.25 bits per heavy atom. The van der Waals surface area contributed by atoms with E-state index in [4.69, 9.17) is 15.6 Å². The van der Waals surface area contributed by atoms with Gasteiger partial charge in [-0.15, -0.1) is 0 Å². The summed E-state index contributed by atoms with van der Waals surface area (Å²) in [5.41, 5.74) is 6.25. The molecule has 0 aromatic carbocycles. The van der Waals surface area contributed by atoms with Gasteiger partial charge in [0.1, 0.15) is 0 Å². The Hall–Kier alpha value is -0.160. The third-order valence-electron chi connectivity index (χ3n) is 3.87. The van der Waals surface area contributed by atoms with Gasteiger partial charge in [0.15, 0.2) is 0 Å². The standard InChI is InChI=1S/C12H24N2O2/c13-11-4-2-1-3-5-12(11)14-6-7-16-10(8-14)9-15/h10-12,15H,1-9,13H2. The summed E-state index contributed by atoms with van der Waals surface area (Å²) in [6, 6.07) is 0.806. The summed E-state index contributed by atoms with van der Waals surface area (Å²) < 4.78 is 5.48. The van der Waals surface area contributed by atoms with Crippen molar-refractivity contribution >= 4 is 0 Å². The number of ether oxygens (including phenoxy) is 1. The van der Waals surface area contributed by atoms with E-state index in [-0.39, 0.29) is 12.7 Å². The monoisotopic (exact) mass is 228 g/mol. The molecule has 0 spiro atoms. The van der Waals surface area contributed by atoms with E-state index in [0.717, 1.165) is 26.1 Å². The van der Waals surface area contributed by atoms with Crippen LogP contribution in [0, 0.1) is 0 Å². The molecule has 0 radical (unpaired) electrons. The number of nitrogens with zero attached hydrogens (tertiary/aromatic N) is 1. The second-order valence-electron chi connectivity index (χ2n) is 5.04. The molecule has 3 unspecified atom stereocenters. The van der Waals surface area contributed by atoms with Crippen molar-refractivity contribution in [2.75, 3.05) is 26.3 Å². The third kappa shape index (κ3) is 2.94. The summed E-state index contributed by atoms with van der Waals surface area (Å²) in [6.07, 6.45) is 6.22. The first-order valence-corrected chi connectivity index (χ1v) is 6.53. The smallest absolute Gasteiger partial charge is 0.0932 e. The lowest BCUT2D eigenvalue weighted by atomic mass is 10.0. The van der Waals surface area contributed by atoms with E-state index in [9.17, 15) is 0 Å². The van der Waals surface area contributed by atoms with Crippen molar-refractivity contribution in [3.05, 3.63) is 0 Å². The summed E-state index contributed by atoms with van der Waals surface area (Å²) >= 11 is 0. The molecular formula is C12H24N2O2. The molecule has 2 aliphatic rings. The van der Waals surface area contributed by atoms with Gasteiger partial charge in [0.05, 0.1) is 19.3 Å². The Bertz CT molecular complexity index is 213. The Morgan fingerprint density at radius 3 is 2.88 bits per heavy atom.